The monoisotopic (exact) mass is 391 g/mol. The molecule has 0 aliphatic heterocycles. The van der Waals surface area contributed by atoms with E-state index in [-0.39, 0.29) is 18.2 Å². The topological polar surface area (TPSA) is 81.2 Å². The van der Waals surface area contributed by atoms with E-state index < -0.39 is 0 Å². The molecule has 0 radical (unpaired) electrons. The number of halogens is 1. The molecule has 3 aromatic rings. The summed E-state index contributed by atoms with van der Waals surface area (Å²) in [5, 5.41) is 8.09. The first-order valence-corrected chi connectivity index (χ1v) is 9.09. The van der Waals surface area contributed by atoms with Crippen molar-refractivity contribution in [3.63, 3.8) is 0 Å². The summed E-state index contributed by atoms with van der Waals surface area (Å²) in [5.74, 6) is 0.871. The highest BCUT2D eigenvalue weighted by Gasteiger charge is 2.03. The molecule has 3 rings (SSSR count). The standard InChI is InChI=1S/C19H21N3O2S.ClH/c20-18(21)14-8-10-15(11-9-14)23-12-4-1-5-13-24-19-22-16-6-2-3-7-17(16)25-19;/h2-3,6-11H,1,4-5,12-13H2,(H3,20,21);1H. The van der Waals surface area contributed by atoms with E-state index in [4.69, 9.17) is 20.6 Å². The minimum Gasteiger partial charge on any atom is -0.494 e. The van der Waals surface area contributed by atoms with E-state index in [2.05, 4.69) is 11.1 Å². The number of nitrogens with zero attached hydrogens (tertiary/aromatic N) is 1. The molecule has 0 aliphatic rings. The molecule has 7 heteroatoms. The number of fused-ring (bicyclic) bond motifs is 1. The molecule has 1 heterocycles. The van der Waals surface area contributed by atoms with Crippen molar-refractivity contribution in [3.05, 3.63) is 54.1 Å². The Hall–Kier alpha value is -2.31. The predicted molar refractivity (Wildman–Crippen MR) is 109 cm³/mol. The van der Waals surface area contributed by atoms with Crippen LogP contribution in [0.3, 0.4) is 0 Å². The third-order valence-electron chi connectivity index (χ3n) is 3.72. The van der Waals surface area contributed by atoms with Gasteiger partial charge in [-0.15, -0.1) is 12.4 Å². The van der Waals surface area contributed by atoms with Gasteiger partial charge in [0.25, 0.3) is 5.19 Å². The summed E-state index contributed by atoms with van der Waals surface area (Å²) in [7, 11) is 0. The molecule has 0 unspecified atom stereocenters. The van der Waals surface area contributed by atoms with Gasteiger partial charge in [0.2, 0.25) is 0 Å². The molecular weight excluding hydrogens is 370 g/mol. The maximum Gasteiger partial charge on any atom is 0.274 e. The molecule has 26 heavy (non-hydrogen) atoms. The third-order valence-corrected chi connectivity index (χ3v) is 4.67. The number of nitrogen functional groups attached to an aromatic ring is 1. The van der Waals surface area contributed by atoms with E-state index in [9.17, 15) is 0 Å². The van der Waals surface area contributed by atoms with Gasteiger partial charge in [-0.05, 0) is 55.7 Å². The van der Waals surface area contributed by atoms with Crippen molar-refractivity contribution < 1.29 is 9.47 Å². The van der Waals surface area contributed by atoms with Gasteiger partial charge in [0.05, 0.1) is 23.4 Å². The summed E-state index contributed by atoms with van der Waals surface area (Å²) in [6.45, 7) is 1.34. The summed E-state index contributed by atoms with van der Waals surface area (Å²) < 4.78 is 12.6. The average molecular weight is 392 g/mol. The maximum atomic E-state index is 7.35. The number of unbranched alkanes of at least 4 members (excludes halogenated alkanes) is 2. The Labute approximate surface area is 163 Å². The summed E-state index contributed by atoms with van der Waals surface area (Å²) in [4.78, 5) is 4.45. The predicted octanol–water partition coefficient (Wildman–Crippen LogP) is 4.63. The van der Waals surface area contributed by atoms with Gasteiger partial charge in [-0.1, -0.05) is 23.5 Å². The lowest BCUT2D eigenvalue weighted by Gasteiger charge is -2.07. The number of aromatic nitrogens is 1. The fourth-order valence-corrected chi connectivity index (χ4v) is 3.21. The average Bonchev–Trinajstić information content (AvgIpc) is 3.04. The van der Waals surface area contributed by atoms with Crippen LogP contribution in [0.4, 0.5) is 0 Å². The first kappa shape index (κ1) is 20.0. The number of nitrogens with two attached hydrogens (primary N) is 1. The first-order chi connectivity index (χ1) is 12.2. The second-order valence-electron chi connectivity index (χ2n) is 5.64. The lowest BCUT2D eigenvalue weighted by atomic mass is 10.2. The van der Waals surface area contributed by atoms with Crippen molar-refractivity contribution in [2.24, 2.45) is 5.73 Å². The number of para-hydroxylation sites is 1. The molecular formula is C19H22ClN3O2S. The Kier molecular flexibility index (Phi) is 7.69. The van der Waals surface area contributed by atoms with Crippen LogP contribution in [-0.4, -0.2) is 24.0 Å². The van der Waals surface area contributed by atoms with Gasteiger partial charge in [0, 0.05) is 5.56 Å². The number of rotatable bonds is 9. The number of hydrogen-bond acceptors (Lipinski definition) is 5. The molecule has 0 spiro atoms. The van der Waals surface area contributed by atoms with Crippen LogP contribution >= 0.6 is 23.7 Å². The number of benzene rings is 2. The number of amidine groups is 1. The van der Waals surface area contributed by atoms with Crippen LogP contribution < -0.4 is 15.2 Å². The minimum absolute atomic E-state index is 0. The largest absolute Gasteiger partial charge is 0.494 e. The van der Waals surface area contributed by atoms with Gasteiger partial charge in [0.1, 0.15) is 11.6 Å². The molecule has 0 saturated carbocycles. The summed E-state index contributed by atoms with van der Waals surface area (Å²) in [6.07, 6.45) is 2.98. The Morgan fingerprint density at radius 3 is 2.35 bits per heavy atom. The normalized spacial score (nSPS) is 10.3. The SMILES string of the molecule is Cl.N=C(N)c1ccc(OCCCCCOc2nc3ccccc3s2)cc1. The van der Waals surface area contributed by atoms with Crippen LogP contribution in [0.5, 0.6) is 10.9 Å². The van der Waals surface area contributed by atoms with Gasteiger partial charge in [-0.25, -0.2) is 4.98 Å². The fraction of sp³-hybridized carbons (Fsp3) is 0.263. The Morgan fingerprint density at radius 2 is 1.65 bits per heavy atom. The van der Waals surface area contributed by atoms with Crippen LogP contribution in [0.2, 0.25) is 0 Å². The molecule has 0 bridgehead atoms. The zero-order valence-corrected chi connectivity index (χ0v) is 15.9. The molecule has 5 nitrogen and oxygen atoms in total. The van der Waals surface area contributed by atoms with E-state index in [1.807, 2.05) is 30.3 Å². The highest BCUT2D eigenvalue weighted by atomic mass is 35.5. The number of thiazole rings is 1. The van der Waals surface area contributed by atoms with Crippen LogP contribution in [0.25, 0.3) is 10.2 Å². The lowest BCUT2D eigenvalue weighted by molar-refractivity contribution is 0.279. The van der Waals surface area contributed by atoms with Crippen LogP contribution in [0.1, 0.15) is 24.8 Å². The molecule has 2 aromatic carbocycles. The molecule has 0 saturated heterocycles. The quantitative estimate of drug-likeness (QED) is 0.316. The molecule has 0 fully saturated rings. The summed E-state index contributed by atoms with van der Waals surface area (Å²) in [5.41, 5.74) is 7.12. The fourth-order valence-electron chi connectivity index (χ4n) is 2.37. The Bertz CT molecular complexity index is 803. The van der Waals surface area contributed by atoms with Crippen LogP contribution in [0.15, 0.2) is 48.5 Å². The van der Waals surface area contributed by atoms with Crippen molar-refractivity contribution in [2.45, 2.75) is 19.3 Å². The van der Waals surface area contributed by atoms with E-state index in [1.165, 1.54) is 0 Å². The molecule has 1 aromatic heterocycles. The highest BCUT2D eigenvalue weighted by molar-refractivity contribution is 7.20. The van der Waals surface area contributed by atoms with Crippen molar-refractivity contribution >= 4 is 39.8 Å². The molecule has 0 aliphatic carbocycles. The number of nitrogens with one attached hydrogen (secondary N) is 1. The van der Waals surface area contributed by atoms with Crippen molar-refractivity contribution in [3.8, 4) is 10.9 Å². The first-order valence-electron chi connectivity index (χ1n) is 8.28. The van der Waals surface area contributed by atoms with Crippen LogP contribution in [0, 0.1) is 5.41 Å². The Morgan fingerprint density at radius 1 is 0.962 bits per heavy atom. The molecule has 0 atom stereocenters. The van der Waals surface area contributed by atoms with Gasteiger partial charge in [-0.3, -0.25) is 5.41 Å². The van der Waals surface area contributed by atoms with Crippen molar-refractivity contribution in [1.29, 1.82) is 5.41 Å². The zero-order chi connectivity index (χ0) is 17.5. The summed E-state index contributed by atoms with van der Waals surface area (Å²) >= 11 is 1.58. The van der Waals surface area contributed by atoms with Gasteiger partial charge < -0.3 is 15.2 Å². The summed E-state index contributed by atoms with van der Waals surface area (Å²) in [6, 6.07) is 15.3. The van der Waals surface area contributed by atoms with E-state index in [0.29, 0.717) is 18.8 Å². The maximum absolute atomic E-state index is 7.35. The smallest absolute Gasteiger partial charge is 0.274 e. The minimum atomic E-state index is 0. The molecule has 138 valence electrons. The zero-order valence-electron chi connectivity index (χ0n) is 14.3. The van der Waals surface area contributed by atoms with E-state index >= 15 is 0 Å². The third kappa shape index (κ3) is 5.61. The molecule has 3 N–H and O–H groups in total. The van der Waals surface area contributed by atoms with E-state index in [0.717, 1.165) is 40.4 Å². The lowest BCUT2D eigenvalue weighted by Crippen LogP contribution is -2.10. The van der Waals surface area contributed by atoms with Gasteiger partial charge in [-0.2, -0.15) is 0 Å². The van der Waals surface area contributed by atoms with Crippen LogP contribution in [-0.2, 0) is 0 Å². The van der Waals surface area contributed by atoms with Gasteiger partial charge in [0.15, 0.2) is 0 Å². The van der Waals surface area contributed by atoms with Crippen molar-refractivity contribution in [1.82, 2.24) is 4.98 Å². The highest BCUT2D eigenvalue weighted by Crippen LogP contribution is 2.27. The second-order valence-corrected chi connectivity index (χ2v) is 6.64. The number of ether oxygens (including phenoxy) is 2. The second kappa shape index (κ2) is 9.99. The number of hydrogen-bond donors (Lipinski definition) is 2. The van der Waals surface area contributed by atoms with Crippen molar-refractivity contribution in [2.75, 3.05) is 13.2 Å². The van der Waals surface area contributed by atoms with E-state index in [1.54, 1.807) is 23.5 Å². The molecule has 0 amide bonds. The Balaban J connectivity index is 0.00000243. The van der Waals surface area contributed by atoms with Gasteiger partial charge >= 0.3 is 0 Å².